The highest BCUT2D eigenvalue weighted by atomic mass is 16.4. The standard InChI is InChI=1S/C28H23N3O5/c32-23-9-8-17-11-19(27-29-21-4-1-2-6-24(21)35-27)28(34)36-26(17)20(23)15-30-12-16-10-18(14-30)22-5-3-7-25(33)31(22)13-16/h1-9,11,16,18,32H,10,12-15H2/t16-,18+/m1/s1. The van der Waals surface area contributed by atoms with Crippen LogP contribution in [0, 0.1) is 5.92 Å². The van der Waals surface area contributed by atoms with E-state index in [1.165, 1.54) is 0 Å². The number of para-hydroxylation sites is 2. The van der Waals surface area contributed by atoms with Crippen LogP contribution < -0.4 is 11.2 Å². The molecule has 2 aliphatic rings. The molecule has 1 saturated heterocycles. The molecule has 1 N–H and O–H groups in total. The number of rotatable bonds is 3. The third-order valence-electron chi connectivity index (χ3n) is 7.44. The second-order valence-electron chi connectivity index (χ2n) is 9.81. The third-order valence-corrected chi connectivity index (χ3v) is 7.44. The van der Waals surface area contributed by atoms with E-state index in [1.807, 2.05) is 34.9 Å². The van der Waals surface area contributed by atoms with E-state index in [-0.39, 0.29) is 28.7 Å². The summed E-state index contributed by atoms with van der Waals surface area (Å²) in [6.45, 7) is 2.71. The van der Waals surface area contributed by atoms with Crippen LogP contribution in [0.1, 0.15) is 23.6 Å². The van der Waals surface area contributed by atoms with Crippen LogP contribution in [-0.4, -0.2) is 32.6 Å². The zero-order chi connectivity index (χ0) is 24.4. The van der Waals surface area contributed by atoms with Crippen molar-refractivity contribution in [3.8, 4) is 17.2 Å². The summed E-state index contributed by atoms with van der Waals surface area (Å²) in [5, 5.41) is 11.4. The molecule has 0 radical (unpaired) electrons. The van der Waals surface area contributed by atoms with E-state index in [0.29, 0.717) is 46.6 Å². The van der Waals surface area contributed by atoms with Gasteiger partial charge in [-0.15, -0.1) is 0 Å². The molecule has 5 heterocycles. The third kappa shape index (κ3) is 3.37. The first-order chi connectivity index (χ1) is 17.5. The fraction of sp³-hybridized carbons (Fsp3) is 0.250. The minimum Gasteiger partial charge on any atom is -0.507 e. The summed E-state index contributed by atoms with van der Waals surface area (Å²) in [6.07, 6.45) is 1.05. The van der Waals surface area contributed by atoms with Gasteiger partial charge in [-0.2, -0.15) is 0 Å². The van der Waals surface area contributed by atoms with Crippen LogP contribution in [-0.2, 0) is 13.1 Å². The SMILES string of the molecule is O=c1oc2c(CN3C[C@H]4C[C@@H](C3)c3cccc(=O)n3C4)c(O)ccc2cc1-c1nc2ccccc2o1. The summed E-state index contributed by atoms with van der Waals surface area (Å²) in [6, 6.07) is 17.9. The van der Waals surface area contributed by atoms with Crippen LogP contribution in [0.4, 0.5) is 0 Å². The maximum Gasteiger partial charge on any atom is 0.349 e. The molecule has 2 bridgehead atoms. The summed E-state index contributed by atoms with van der Waals surface area (Å²) in [7, 11) is 0. The van der Waals surface area contributed by atoms with Crippen molar-refractivity contribution >= 4 is 22.1 Å². The number of phenols is 1. The van der Waals surface area contributed by atoms with Crippen LogP contribution in [0.2, 0.25) is 0 Å². The average molecular weight is 482 g/mol. The van der Waals surface area contributed by atoms with Crippen LogP contribution in [0.25, 0.3) is 33.5 Å². The first-order valence-electron chi connectivity index (χ1n) is 12.1. The molecule has 5 aromatic rings. The predicted octanol–water partition coefficient (Wildman–Crippen LogP) is 4.09. The molecule has 0 spiro atoms. The molecule has 8 nitrogen and oxygen atoms in total. The van der Waals surface area contributed by atoms with Crippen molar-refractivity contribution < 1.29 is 13.9 Å². The number of likely N-dealkylation sites (tertiary alicyclic amines) is 1. The lowest BCUT2D eigenvalue weighted by Crippen LogP contribution is -2.46. The molecule has 0 amide bonds. The van der Waals surface area contributed by atoms with E-state index in [4.69, 9.17) is 8.83 Å². The number of nitrogens with zero attached hydrogens (tertiary/aromatic N) is 3. The molecule has 1 fully saturated rings. The Bertz CT molecular complexity index is 1730. The molecule has 0 saturated carbocycles. The molecule has 2 atom stereocenters. The van der Waals surface area contributed by atoms with Gasteiger partial charge in [-0.1, -0.05) is 18.2 Å². The molecule has 3 aromatic heterocycles. The molecule has 2 aromatic carbocycles. The van der Waals surface area contributed by atoms with Crippen LogP contribution >= 0.6 is 0 Å². The molecule has 180 valence electrons. The van der Waals surface area contributed by atoms with Gasteiger partial charge >= 0.3 is 5.63 Å². The second-order valence-corrected chi connectivity index (χ2v) is 9.81. The molecule has 0 aliphatic carbocycles. The highest BCUT2D eigenvalue weighted by molar-refractivity contribution is 5.85. The number of fused-ring (bicyclic) bond motifs is 6. The Kier molecular flexibility index (Phi) is 4.65. The van der Waals surface area contributed by atoms with E-state index < -0.39 is 5.63 Å². The lowest BCUT2D eigenvalue weighted by molar-refractivity contribution is 0.113. The highest BCUT2D eigenvalue weighted by Gasteiger charge is 2.35. The van der Waals surface area contributed by atoms with Gasteiger partial charge in [0, 0.05) is 49.2 Å². The first kappa shape index (κ1) is 21.1. The monoisotopic (exact) mass is 481 g/mol. The van der Waals surface area contributed by atoms with Gasteiger partial charge in [-0.25, -0.2) is 9.78 Å². The highest BCUT2D eigenvalue weighted by Crippen LogP contribution is 2.37. The lowest BCUT2D eigenvalue weighted by atomic mass is 9.83. The van der Waals surface area contributed by atoms with Crippen molar-refractivity contribution in [1.82, 2.24) is 14.5 Å². The van der Waals surface area contributed by atoms with Crippen LogP contribution in [0.15, 0.2) is 79.1 Å². The molecule has 7 rings (SSSR count). The summed E-state index contributed by atoms with van der Waals surface area (Å²) >= 11 is 0. The quantitative estimate of drug-likeness (QED) is 0.387. The van der Waals surface area contributed by atoms with Gasteiger partial charge in [0.05, 0.1) is 5.56 Å². The fourth-order valence-corrected chi connectivity index (χ4v) is 5.87. The Morgan fingerprint density at radius 1 is 0.972 bits per heavy atom. The molecule has 0 unspecified atom stereocenters. The van der Waals surface area contributed by atoms with Gasteiger partial charge in [-0.05, 0) is 48.7 Å². The number of hydrogen-bond acceptors (Lipinski definition) is 7. The average Bonchev–Trinajstić information content (AvgIpc) is 3.30. The number of oxazole rings is 1. The first-order valence-corrected chi connectivity index (χ1v) is 12.1. The number of pyridine rings is 1. The van der Waals surface area contributed by atoms with Gasteiger partial charge < -0.3 is 18.5 Å². The zero-order valence-corrected chi connectivity index (χ0v) is 19.4. The van der Waals surface area contributed by atoms with Crippen molar-refractivity contribution in [2.75, 3.05) is 13.1 Å². The maximum atomic E-state index is 13.0. The number of aromatic nitrogens is 2. The second kappa shape index (κ2) is 7.93. The predicted molar refractivity (Wildman–Crippen MR) is 134 cm³/mol. The van der Waals surface area contributed by atoms with E-state index in [1.54, 1.807) is 30.3 Å². The van der Waals surface area contributed by atoms with E-state index in [9.17, 15) is 14.7 Å². The largest absolute Gasteiger partial charge is 0.507 e. The number of phenolic OH excluding ortho intramolecular Hbond substituents is 1. The topological polar surface area (TPSA) is 102 Å². The van der Waals surface area contributed by atoms with Gasteiger partial charge in [0.2, 0.25) is 5.89 Å². The Balaban J connectivity index is 1.24. The van der Waals surface area contributed by atoms with Crippen molar-refractivity contribution in [1.29, 1.82) is 0 Å². The smallest absolute Gasteiger partial charge is 0.349 e. The Hall–Kier alpha value is -4.17. The van der Waals surface area contributed by atoms with Crippen molar-refractivity contribution in [3.05, 3.63) is 92.7 Å². The van der Waals surface area contributed by atoms with Crippen LogP contribution in [0.5, 0.6) is 5.75 Å². The minimum atomic E-state index is -0.565. The normalized spacial score (nSPS) is 19.6. The summed E-state index contributed by atoms with van der Waals surface area (Å²) in [4.78, 5) is 32.0. The number of piperidine rings is 1. The summed E-state index contributed by atoms with van der Waals surface area (Å²) in [5.74, 6) is 0.902. The van der Waals surface area contributed by atoms with E-state index in [2.05, 4.69) is 9.88 Å². The number of aromatic hydroxyl groups is 1. The molecular weight excluding hydrogens is 458 g/mol. The van der Waals surface area contributed by atoms with Gasteiger partial charge in [0.1, 0.15) is 22.4 Å². The number of hydrogen-bond donors (Lipinski definition) is 1. The van der Waals surface area contributed by atoms with Crippen molar-refractivity contribution in [2.24, 2.45) is 5.92 Å². The van der Waals surface area contributed by atoms with Gasteiger partial charge in [0.25, 0.3) is 5.56 Å². The maximum absolute atomic E-state index is 13.0. The van der Waals surface area contributed by atoms with Crippen LogP contribution in [0.3, 0.4) is 0 Å². The van der Waals surface area contributed by atoms with Gasteiger partial charge in [-0.3, -0.25) is 9.69 Å². The Morgan fingerprint density at radius 2 is 1.86 bits per heavy atom. The number of benzene rings is 2. The Labute approximate surface area is 205 Å². The van der Waals surface area contributed by atoms with Crippen molar-refractivity contribution in [3.63, 3.8) is 0 Å². The molecule has 36 heavy (non-hydrogen) atoms. The lowest BCUT2D eigenvalue weighted by Gasteiger charge is -2.42. The van der Waals surface area contributed by atoms with E-state index in [0.717, 1.165) is 25.2 Å². The summed E-state index contributed by atoms with van der Waals surface area (Å²) < 4.78 is 13.5. The van der Waals surface area contributed by atoms with Crippen molar-refractivity contribution in [2.45, 2.75) is 25.4 Å². The Morgan fingerprint density at radius 3 is 2.75 bits per heavy atom. The molecule has 8 heteroatoms. The molecular formula is C28H23N3O5. The fourth-order valence-electron chi connectivity index (χ4n) is 5.87. The minimum absolute atomic E-state index is 0.0545. The zero-order valence-electron chi connectivity index (χ0n) is 19.4. The molecule has 2 aliphatic heterocycles. The van der Waals surface area contributed by atoms with E-state index >= 15 is 0 Å². The van der Waals surface area contributed by atoms with Gasteiger partial charge in [0.15, 0.2) is 5.58 Å². The summed E-state index contributed by atoms with van der Waals surface area (Å²) in [5.41, 5.74) is 3.01.